The van der Waals surface area contributed by atoms with E-state index >= 15 is 0 Å². The van der Waals surface area contributed by atoms with Crippen molar-refractivity contribution in [1.29, 1.82) is 0 Å². The van der Waals surface area contributed by atoms with E-state index in [1.807, 2.05) is 20.8 Å². The molecule has 0 atom stereocenters. The molecule has 0 saturated heterocycles. The van der Waals surface area contributed by atoms with Gasteiger partial charge in [-0.15, -0.1) is 5.10 Å². The molecule has 1 aromatic heterocycles. The fraction of sp³-hybridized carbons (Fsp3) is 0.750. The topological polar surface area (TPSA) is 92.3 Å². The molecule has 0 unspecified atom stereocenters. The van der Waals surface area contributed by atoms with Crippen molar-refractivity contribution in [1.82, 2.24) is 15.0 Å². The van der Waals surface area contributed by atoms with Gasteiger partial charge in [0, 0.05) is 6.54 Å². The van der Waals surface area contributed by atoms with Gasteiger partial charge in [-0.3, -0.25) is 0 Å². The van der Waals surface area contributed by atoms with Crippen LogP contribution in [0.15, 0.2) is 0 Å². The third-order valence-electron chi connectivity index (χ3n) is 2.34. The van der Waals surface area contributed by atoms with E-state index in [2.05, 4.69) is 10.3 Å². The van der Waals surface area contributed by atoms with Gasteiger partial charge in [-0.25, -0.2) is 9.48 Å². The van der Waals surface area contributed by atoms with Crippen LogP contribution in [0.4, 0.5) is 0 Å². The van der Waals surface area contributed by atoms with Gasteiger partial charge in [0.25, 0.3) is 0 Å². The zero-order valence-electron chi connectivity index (χ0n) is 12.0. The molecular formula is C12H22N4O3. The first kappa shape index (κ1) is 15.6. The number of hydrogen-bond acceptors (Lipinski definition) is 6. The average Bonchev–Trinajstić information content (AvgIpc) is 2.70. The summed E-state index contributed by atoms with van der Waals surface area (Å²) in [4.78, 5) is 11.6. The molecule has 0 aliphatic carbocycles. The molecule has 1 aromatic rings. The third-order valence-corrected chi connectivity index (χ3v) is 2.34. The maximum atomic E-state index is 11.6. The Morgan fingerprint density at radius 2 is 2.11 bits per heavy atom. The Morgan fingerprint density at radius 1 is 1.42 bits per heavy atom. The number of nitrogens with zero attached hydrogens (tertiary/aromatic N) is 3. The lowest BCUT2D eigenvalue weighted by atomic mass is 10.2. The van der Waals surface area contributed by atoms with Gasteiger partial charge in [-0.2, -0.15) is 0 Å². The summed E-state index contributed by atoms with van der Waals surface area (Å²) in [5, 5.41) is 7.74. The van der Waals surface area contributed by atoms with E-state index in [1.54, 1.807) is 11.6 Å². The van der Waals surface area contributed by atoms with Crippen molar-refractivity contribution in [3.63, 3.8) is 0 Å². The van der Waals surface area contributed by atoms with Gasteiger partial charge in [0.15, 0.2) is 5.69 Å². The summed E-state index contributed by atoms with van der Waals surface area (Å²) in [5.74, 6) is -0.495. The van der Waals surface area contributed by atoms with Crippen molar-refractivity contribution >= 4 is 5.97 Å². The molecule has 2 N–H and O–H groups in total. The lowest BCUT2D eigenvalue weighted by molar-refractivity contribution is -0.00833. The number of hydrogen-bond donors (Lipinski definition) is 1. The minimum Gasteiger partial charge on any atom is -0.461 e. The third kappa shape index (κ3) is 4.60. The fourth-order valence-corrected chi connectivity index (χ4v) is 1.51. The van der Waals surface area contributed by atoms with E-state index in [0.717, 1.165) is 0 Å². The van der Waals surface area contributed by atoms with E-state index in [1.165, 1.54) is 0 Å². The maximum Gasteiger partial charge on any atom is 0.360 e. The number of aromatic nitrogens is 3. The summed E-state index contributed by atoms with van der Waals surface area (Å²) in [7, 11) is 0. The maximum absolute atomic E-state index is 11.6. The molecule has 7 heteroatoms. The van der Waals surface area contributed by atoms with Gasteiger partial charge in [-0.05, 0) is 27.7 Å². The molecule has 0 aromatic carbocycles. The molecule has 0 bridgehead atoms. The van der Waals surface area contributed by atoms with Gasteiger partial charge in [0.2, 0.25) is 0 Å². The molecule has 0 aliphatic rings. The zero-order chi connectivity index (χ0) is 14.5. The van der Waals surface area contributed by atoms with Gasteiger partial charge in [0.1, 0.15) is 0 Å². The molecule has 0 saturated carbocycles. The summed E-state index contributed by atoms with van der Waals surface area (Å²) < 4.78 is 12.1. The molecule has 1 rings (SSSR count). The second-order valence-electron chi connectivity index (χ2n) is 4.99. The van der Waals surface area contributed by atoms with Crippen LogP contribution in [0.5, 0.6) is 0 Å². The fourth-order valence-electron chi connectivity index (χ4n) is 1.51. The minimum atomic E-state index is -0.495. The van der Waals surface area contributed by atoms with Crippen molar-refractivity contribution in [2.24, 2.45) is 5.73 Å². The monoisotopic (exact) mass is 270 g/mol. The minimum absolute atomic E-state index is 0.177. The average molecular weight is 270 g/mol. The van der Waals surface area contributed by atoms with Crippen molar-refractivity contribution in [2.75, 3.05) is 13.2 Å². The Hall–Kier alpha value is -1.47. The summed E-state index contributed by atoms with van der Waals surface area (Å²) in [6, 6.07) is 0. The van der Waals surface area contributed by atoms with Crippen LogP contribution in [0.25, 0.3) is 0 Å². The summed E-state index contributed by atoms with van der Waals surface area (Å²) in [5.41, 5.74) is 6.17. The van der Waals surface area contributed by atoms with Crippen LogP contribution < -0.4 is 5.73 Å². The molecule has 1 heterocycles. The van der Waals surface area contributed by atoms with Crippen molar-refractivity contribution < 1.29 is 14.3 Å². The highest BCUT2D eigenvalue weighted by molar-refractivity contribution is 5.88. The predicted molar refractivity (Wildman–Crippen MR) is 69.6 cm³/mol. The van der Waals surface area contributed by atoms with Crippen LogP contribution >= 0.6 is 0 Å². The Balaban J connectivity index is 2.72. The number of rotatable bonds is 6. The molecule has 7 nitrogen and oxygen atoms in total. The molecule has 0 fully saturated rings. The normalized spacial score (nSPS) is 11.6. The first-order chi connectivity index (χ1) is 8.89. The van der Waals surface area contributed by atoms with Crippen LogP contribution in [-0.4, -0.2) is 39.8 Å². The first-order valence-corrected chi connectivity index (χ1v) is 6.32. The van der Waals surface area contributed by atoms with Crippen LogP contribution in [0.2, 0.25) is 0 Å². The standard InChI is InChI=1S/C12H22N4O3/c1-5-18-11(17)10-9(8-13)16(15-14-10)6-7-19-12(2,3)4/h5-8,13H2,1-4H3. The molecule has 0 aliphatic heterocycles. The second-order valence-corrected chi connectivity index (χ2v) is 4.99. The van der Waals surface area contributed by atoms with Gasteiger partial charge >= 0.3 is 5.97 Å². The first-order valence-electron chi connectivity index (χ1n) is 6.32. The Bertz CT molecular complexity index is 423. The smallest absolute Gasteiger partial charge is 0.360 e. The van der Waals surface area contributed by atoms with E-state index < -0.39 is 5.97 Å². The zero-order valence-corrected chi connectivity index (χ0v) is 12.0. The molecule has 19 heavy (non-hydrogen) atoms. The van der Waals surface area contributed by atoms with Gasteiger partial charge in [0.05, 0.1) is 31.1 Å². The molecule has 0 amide bonds. The lowest BCUT2D eigenvalue weighted by Gasteiger charge is -2.19. The van der Waals surface area contributed by atoms with Crippen LogP contribution in [-0.2, 0) is 22.6 Å². The predicted octanol–water partition coefficient (Wildman–Crippen LogP) is 0.729. The van der Waals surface area contributed by atoms with Crippen molar-refractivity contribution in [3.05, 3.63) is 11.4 Å². The van der Waals surface area contributed by atoms with E-state index in [0.29, 0.717) is 25.5 Å². The number of esters is 1. The van der Waals surface area contributed by atoms with Crippen LogP contribution in [0.3, 0.4) is 0 Å². The second kappa shape index (κ2) is 6.63. The lowest BCUT2D eigenvalue weighted by Crippen LogP contribution is -2.23. The Labute approximate surface area is 113 Å². The SMILES string of the molecule is CCOC(=O)c1nnn(CCOC(C)(C)C)c1CN. The van der Waals surface area contributed by atoms with Crippen molar-refractivity contribution in [2.45, 2.75) is 46.4 Å². The Kier molecular flexibility index (Phi) is 5.44. The summed E-state index contributed by atoms with van der Waals surface area (Å²) >= 11 is 0. The number of carbonyl (C=O) groups excluding carboxylic acids is 1. The van der Waals surface area contributed by atoms with Gasteiger partial charge < -0.3 is 15.2 Å². The Morgan fingerprint density at radius 3 is 2.63 bits per heavy atom. The van der Waals surface area contributed by atoms with Crippen LogP contribution in [0, 0.1) is 0 Å². The highest BCUT2D eigenvalue weighted by atomic mass is 16.5. The van der Waals surface area contributed by atoms with Crippen LogP contribution in [0.1, 0.15) is 43.9 Å². The molecule has 108 valence electrons. The largest absolute Gasteiger partial charge is 0.461 e. The number of ether oxygens (including phenoxy) is 2. The number of carbonyl (C=O) groups is 1. The van der Waals surface area contributed by atoms with E-state index in [4.69, 9.17) is 15.2 Å². The quantitative estimate of drug-likeness (QED) is 0.766. The number of nitrogens with two attached hydrogens (primary N) is 1. The summed E-state index contributed by atoms with van der Waals surface area (Å²) in [6.07, 6.45) is 0. The molecule has 0 spiro atoms. The van der Waals surface area contributed by atoms with E-state index in [9.17, 15) is 4.79 Å². The molecule has 0 radical (unpaired) electrons. The molecular weight excluding hydrogens is 248 g/mol. The highest BCUT2D eigenvalue weighted by Gasteiger charge is 2.20. The van der Waals surface area contributed by atoms with Crippen molar-refractivity contribution in [3.8, 4) is 0 Å². The van der Waals surface area contributed by atoms with Gasteiger partial charge in [-0.1, -0.05) is 5.21 Å². The highest BCUT2D eigenvalue weighted by Crippen LogP contribution is 2.09. The van der Waals surface area contributed by atoms with E-state index in [-0.39, 0.29) is 17.8 Å². The summed E-state index contributed by atoms with van der Waals surface area (Å²) in [6.45, 7) is 9.10.